The number of para-hydroxylation sites is 1. The highest BCUT2D eigenvalue weighted by Gasteiger charge is 2.33. The van der Waals surface area contributed by atoms with Gasteiger partial charge in [0.25, 0.3) is 17.7 Å². The Morgan fingerprint density at radius 1 is 0.857 bits per heavy atom. The van der Waals surface area contributed by atoms with E-state index in [9.17, 15) is 14.4 Å². The molecule has 0 bridgehead atoms. The SMILES string of the molecule is CN1C(=O)c2ccc(C(=O)Nc3ccccc3Cc3ccccc3)cc2C1=O. The van der Waals surface area contributed by atoms with Crippen LogP contribution >= 0.6 is 0 Å². The molecular weight excluding hydrogens is 352 g/mol. The zero-order chi connectivity index (χ0) is 19.7. The van der Waals surface area contributed by atoms with E-state index in [4.69, 9.17) is 0 Å². The van der Waals surface area contributed by atoms with Gasteiger partial charge in [0.1, 0.15) is 0 Å². The van der Waals surface area contributed by atoms with Crippen LogP contribution in [0.15, 0.2) is 72.8 Å². The Balaban J connectivity index is 1.59. The fourth-order valence-electron chi connectivity index (χ4n) is 3.31. The first-order valence-corrected chi connectivity index (χ1v) is 8.94. The second-order valence-electron chi connectivity index (χ2n) is 6.70. The molecule has 3 amide bonds. The Morgan fingerprint density at radius 2 is 1.54 bits per heavy atom. The summed E-state index contributed by atoms with van der Waals surface area (Å²) in [5.41, 5.74) is 3.79. The number of hydrogen-bond acceptors (Lipinski definition) is 3. The summed E-state index contributed by atoms with van der Waals surface area (Å²) in [7, 11) is 1.43. The van der Waals surface area contributed by atoms with E-state index in [0.29, 0.717) is 17.5 Å². The molecule has 0 spiro atoms. The minimum absolute atomic E-state index is 0.262. The summed E-state index contributed by atoms with van der Waals surface area (Å²) in [6, 6.07) is 22.2. The van der Waals surface area contributed by atoms with Gasteiger partial charge in [0.15, 0.2) is 0 Å². The van der Waals surface area contributed by atoms with Crippen molar-refractivity contribution in [1.29, 1.82) is 0 Å². The van der Waals surface area contributed by atoms with Crippen LogP contribution in [0.5, 0.6) is 0 Å². The largest absolute Gasteiger partial charge is 0.322 e. The number of benzene rings is 3. The summed E-state index contributed by atoms with van der Waals surface area (Å²) in [6.45, 7) is 0. The summed E-state index contributed by atoms with van der Waals surface area (Å²) in [4.78, 5) is 38.0. The molecule has 1 heterocycles. The Bertz CT molecular complexity index is 1090. The van der Waals surface area contributed by atoms with Crippen LogP contribution in [-0.4, -0.2) is 29.7 Å². The Kier molecular flexibility index (Phi) is 4.49. The van der Waals surface area contributed by atoms with Gasteiger partial charge < -0.3 is 5.32 Å². The molecule has 0 unspecified atom stereocenters. The number of hydrogen-bond donors (Lipinski definition) is 1. The molecule has 0 fully saturated rings. The van der Waals surface area contributed by atoms with Crippen LogP contribution < -0.4 is 5.32 Å². The number of rotatable bonds is 4. The van der Waals surface area contributed by atoms with Crippen molar-refractivity contribution in [2.24, 2.45) is 0 Å². The van der Waals surface area contributed by atoms with E-state index in [0.717, 1.165) is 21.7 Å². The molecule has 28 heavy (non-hydrogen) atoms. The quantitative estimate of drug-likeness (QED) is 0.711. The van der Waals surface area contributed by atoms with E-state index in [1.54, 1.807) is 6.07 Å². The van der Waals surface area contributed by atoms with Crippen LogP contribution in [-0.2, 0) is 6.42 Å². The molecule has 0 saturated carbocycles. The van der Waals surface area contributed by atoms with Crippen LogP contribution in [0, 0.1) is 0 Å². The number of imide groups is 1. The molecule has 0 aromatic heterocycles. The fraction of sp³-hybridized carbons (Fsp3) is 0.0870. The topological polar surface area (TPSA) is 66.5 Å². The van der Waals surface area contributed by atoms with Gasteiger partial charge in [-0.25, -0.2) is 0 Å². The van der Waals surface area contributed by atoms with Crippen molar-refractivity contribution in [2.45, 2.75) is 6.42 Å². The third-order valence-corrected chi connectivity index (χ3v) is 4.85. The third kappa shape index (κ3) is 3.18. The number of carbonyl (C=O) groups excluding carboxylic acids is 3. The first-order chi connectivity index (χ1) is 13.5. The predicted molar refractivity (Wildman–Crippen MR) is 107 cm³/mol. The normalized spacial score (nSPS) is 12.8. The number of amides is 3. The highest BCUT2D eigenvalue weighted by molar-refractivity contribution is 6.22. The van der Waals surface area contributed by atoms with E-state index in [-0.39, 0.29) is 23.3 Å². The molecule has 0 saturated heterocycles. The summed E-state index contributed by atoms with van der Waals surface area (Å²) in [5, 5.41) is 2.93. The predicted octanol–water partition coefficient (Wildman–Crippen LogP) is 3.76. The van der Waals surface area contributed by atoms with Crippen molar-refractivity contribution in [2.75, 3.05) is 12.4 Å². The molecule has 1 aliphatic heterocycles. The third-order valence-electron chi connectivity index (χ3n) is 4.85. The van der Waals surface area contributed by atoms with E-state index in [1.165, 1.54) is 19.2 Å². The minimum Gasteiger partial charge on any atom is -0.322 e. The second-order valence-corrected chi connectivity index (χ2v) is 6.70. The molecule has 5 nitrogen and oxygen atoms in total. The molecule has 0 radical (unpaired) electrons. The zero-order valence-corrected chi connectivity index (χ0v) is 15.3. The molecule has 1 aliphatic rings. The molecule has 1 N–H and O–H groups in total. The molecular formula is C23H18N2O3. The maximum Gasteiger partial charge on any atom is 0.261 e. The fourth-order valence-corrected chi connectivity index (χ4v) is 3.31. The number of carbonyl (C=O) groups is 3. The standard InChI is InChI=1S/C23H18N2O3/c1-25-22(27)18-12-11-17(14-19(18)23(25)28)21(26)24-20-10-6-5-9-16(20)13-15-7-3-2-4-8-15/h2-12,14H,13H2,1H3,(H,24,26). The van der Waals surface area contributed by atoms with Crippen LogP contribution in [0.1, 0.15) is 42.2 Å². The number of nitrogens with one attached hydrogen (secondary N) is 1. The number of anilines is 1. The van der Waals surface area contributed by atoms with E-state index < -0.39 is 0 Å². The van der Waals surface area contributed by atoms with Gasteiger partial charge in [0.2, 0.25) is 0 Å². The van der Waals surface area contributed by atoms with Crippen LogP contribution in [0.4, 0.5) is 5.69 Å². The maximum absolute atomic E-state index is 12.8. The Hall–Kier alpha value is -3.73. The van der Waals surface area contributed by atoms with E-state index in [1.807, 2.05) is 54.6 Å². The highest BCUT2D eigenvalue weighted by atomic mass is 16.2. The molecule has 3 aromatic carbocycles. The average Bonchev–Trinajstić information content (AvgIpc) is 2.94. The van der Waals surface area contributed by atoms with Gasteiger partial charge in [0, 0.05) is 18.3 Å². The van der Waals surface area contributed by atoms with Gasteiger partial charge in [-0.15, -0.1) is 0 Å². The van der Waals surface area contributed by atoms with Gasteiger partial charge >= 0.3 is 0 Å². The lowest BCUT2D eigenvalue weighted by molar-refractivity contribution is 0.0693. The lowest BCUT2D eigenvalue weighted by atomic mass is 10.0. The summed E-state index contributed by atoms with van der Waals surface area (Å²) < 4.78 is 0. The van der Waals surface area contributed by atoms with Gasteiger partial charge in [-0.05, 0) is 41.8 Å². The molecule has 5 heteroatoms. The lowest BCUT2D eigenvalue weighted by Gasteiger charge is -2.12. The van der Waals surface area contributed by atoms with Gasteiger partial charge in [0.05, 0.1) is 11.1 Å². The van der Waals surface area contributed by atoms with Gasteiger partial charge in [-0.1, -0.05) is 48.5 Å². The minimum atomic E-state index is -0.390. The van der Waals surface area contributed by atoms with Crippen molar-refractivity contribution in [3.05, 3.63) is 101 Å². The Labute approximate surface area is 162 Å². The maximum atomic E-state index is 12.8. The van der Waals surface area contributed by atoms with Crippen molar-refractivity contribution in [1.82, 2.24) is 4.90 Å². The number of fused-ring (bicyclic) bond motifs is 1. The van der Waals surface area contributed by atoms with Gasteiger partial charge in [-0.2, -0.15) is 0 Å². The Morgan fingerprint density at radius 3 is 2.32 bits per heavy atom. The summed E-state index contributed by atoms with van der Waals surface area (Å²) in [6.07, 6.45) is 0.694. The van der Waals surface area contributed by atoms with Crippen molar-refractivity contribution < 1.29 is 14.4 Å². The molecule has 0 atom stereocenters. The van der Waals surface area contributed by atoms with Crippen LogP contribution in [0.25, 0.3) is 0 Å². The van der Waals surface area contributed by atoms with E-state index >= 15 is 0 Å². The van der Waals surface area contributed by atoms with Crippen LogP contribution in [0.2, 0.25) is 0 Å². The van der Waals surface area contributed by atoms with Gasteiger partial charge in [-0.3, -0.25) is 19.3 Å². The average molecular weight is 370 g/mol. The number of nitrogens with zero attached hydrogens (tertiary/aromatic N) is 1. The zero-order valence-electron chi connectivity index (χ0n) is 15.3. The van der Waals surface area contributed by atoms with Crippen LogP contribution in [0.3, 0.4) is 0 Å². The van der Waals surface area contributed by atoms with Crippen molar-refractivity contribution in [3.8, 4) is 0 Å². The second kappa shape index (κ2) is 7.12. The highest BCUT2D eigenvalue weighted by Crippen LogP contribution is 2.24. The first kappa shape index (κ1) is 17.7. The van der Waals surface area contributed by atoms with E-state index in [2.05, 4.69) is 5.32 Å². The summed E-state index contributed by atoms with van der Waals surface area (Å²) >= 11 is 0. The molecule has 3 aromatic rings. The first-order valence-electron chi connectivity index (χ1n) is 8.94. The molecule has 0 aliphatic carbocycles. The van der Waals surface area contributed by atoms with Crippen molar-refractivity contribution in [3.63, 3.8) is 0 Å². The van der Waals surface area contributed by atoms with Crippen molar-refractivity contribution >= 4 is 23.4 Å². The molecule has 138 valence electrons. The molecule has 4 rings (SSSR count). The lowest BCUT2D eigenvalue weighted by Crippen LogP contribution is -2.24. The monoisotopic (exact) mass is 370 g/mol. The summed E-state index contributed by atoms with van der Waals surface area (Å²) in [5.74, 6) is -1.06. The smallest absolute Gasteiger partial charge is 0.261 e.